The van der Waals surface area contributed by atoms with Crippen molar-refractivity contribution in [2.45, 2.75) is 25.9 Å². The molecule has 25 heavy (non-hydrogen) atoms. The second kappa shape index (κ2) is 9.70. The van der Waals surface area contributed by atoms with Gasteiger partial charge in [0.15, 0.2) is 5.76 Å². The van der Waals surface area contributed by atoms with Gasteiger partial charge in [-0.3, -0.25) is 4.79 Å². The smallest absolute Gasteiger partial charge is 0.287 e. The lowest BCUT2D eigenvalue weighted by Gasteiger charge is -2.24. The average molecular weight is 386 g/mol. The van der Waals surface area contributed by atoms with E-state index in [1.165, 1.54) is 11.3 Å². The van der Waals surface area contributed by atoms with E-state index in [1.54, 1.807) is 6.26 Å². The van der Waals surface area contributed by atoms with Gasteiger partial charge < -0.3 is 20.0 Å². The Hall–Kier alpha value is -1.69. The van der Waals surface area contributed by atoms with Crippen LogP contribution in [0.2, 0.25) is 0 Å². The van der Waals surface area contributed by atoms with Crippen LogP contribution in [0.5, 0.6) is 0 Å². The van der Waals surface area contributed by atoms with Gasteiger partial charge in [0, 0.05) is 36.9 Å². The third-order valence-corrected chi connectivity index (χ3v) is 4.30. The van der Waals surface area contributed by atoms with E-state index in [0.29, 0.717) is 24.9 Å². The molecule has 1 aromatic heterocycles. The molecule has 3 rings (SSSR count). The number of carbonyl (C=O) groups is 1. The molecule has 0 saturated heterocycles. The van der Waals surface area contributed by atoms with Gasteiger partial charge in [-0.25, -0.2) is 0 Å². The summed E-state index contributed by atoms with van der Waals surface area (Å²) in [4.78, 5) is 14.6. The Kier molecular flexibility index (Phi) is 8.29. The summed E-state index contributed by atoms with van der Waals surface area (Å²) >= 11 is 0. The Labute approximate surface area is 161 Å². The minimum absolute atomic E-state index is 0. The highest BCUT2D eigenvalue weighted by Gasteiger charge is 2.27. The Morgan fingerprint density at radius 2 is 2.00 bits per heavy atom. The number of anilines is 1. The Morgan fingerprint density at radius 1 is 1.24 bits per heavy atom. The number of nitrogens with zero attached hydrogens (tertiary/aromatic N) is 1. The largest absolute Gasteiger partial charge is 0.459 e. The van der Waals surface area contributed by atoms with Gasteiger partial charge >= 0.3 is 0 Å². The van der Waals surface area contributed by atoms with Gasteiger partial charge in [-0.05, 0) is 38.1 Å². The zero-order valence-corrected chi connectivity index (χ0v) is 16.1. The van der Waals surface area contributed by atoms with E-state index in [9.17, 15) is 4.79 Å². The monoisotopic (exact) mass is 385 g/mol. The summed E-state index contributed by atoms with van der Waals surface area (Å²) < 4.78 is 5.43. The Balaban J connectivity index is 0.00000156. The van der Waals surface area contributed by atoms with Gasteiger partial charge in [0.25, 0.3) is 5.91 Å². The highest BCUT2D eigenvalue weighted by atomic mass is 35.5. The number of para-hydroxylation sites is 1. The number of rotatable bonds is 6. The number of carbonyl (C=O) groups excluding carboxylic acids is 1. The second-order valence-electron chi connectivity index (χ2n) is 5.94. The fourth-order valence-electron chi connectivity index (χ4n) is 3.09. The molecule has 1 aliphatic heterocycles. The summed E-state index contributed by atoms with van der Waals surface area (Å²) in [7, 11) is 1.86. The van der Waals surface area contributed by atoms with Gasteiger partial charge in [0.2, 0.25) is 0 Å². The lowest BCUT2D eigenvalue weighted by Crippen LogP contribution is -2.32. The van der Waals surface area contributed by atoms with E-state index >= 15 is 0 Å². The molecule has 1 unspecified atom stereocenters. The van der Waals surface area contributed by atoms with Crippen molar-refractivity contribution in [2.75, 3.05) is 25.0 Å². The molecule has 138 valence electrons. The maximum absolute atomic E-state index is 12.3. The summed E-state index contributed by atoms with van der Waals surface area (Å²) in [5.41, 5.74) is 3.54. The molecule has 1 amide bonds. The molecule has 0 bridgehead atoms. The topological polar surface area (TPSA) is 57.5 Å². The second-order valence-corrected chi connectivity index (χ2v) is 5.94. The summed E-state index contributed by atoms with van der Waals surface area (Å²) in [5, 5.41) is 5.87. The first-order chi connectivity index (χ1) is 11.2. The summed E-state index contributed by atoms with van der Waals surface area (Å²) in [6.07, 6.45) is 2.63. The minimum Gasteiger partial charge on any atom is -0.459 e. The van der Waals surface area contributed by atoms with Gasteiger partial charge in [-0.15, -0.1) is 24.8 Å². The number of likely N-dealkylation sites (N-methyl/N-ethyl adjacent to an activating group) is 1. The molecule has 0 radical (unpaired) electrons. The van der Waals surface area contributed by atoms with Crippen LogP contribution in [0.25, 0.3) is 0 Å². The molecule has 2 heterocycles. The van der Waals surface area contributed by atoms with Crippen molar-refractivity contribution >= 4 is 36.4 Å². The van der Waals surface area contributed by atoms with Crippen molar-refractivity contribution in [2.24, 2.45) is 0 Å². The van der Waals surface area contributed by atoms with Gasteiger partial charge in [-0.1, -0.05) is 18.2 Å². The normalized spacial score (nSPS) is 15.1. The molecule has 2 N–H and O–H groups in total. The molecule has 0 saturated carbocycles. The highest BCUT2D eigenvalue weighted by Crippen LogP contribution is 2.33. The number of furan rings is 1. The van der Waals surface area contributed by atoms with E-state index in [0.717, 1.165) is 18.5 Å². The summed E-state index contributed by atoms with van der Waals surface area (Å²) in [5.74, 6) is 0.262. The van der Waals surface area contributed by atoms with Crippen LogP contribution in [0.15, 0.2) is 41.0 Å². The van der Waals surface area contributed by atoms with Crippen LogP contribution in [-0.2, 0) is 13.0 Å². The Morgan fingerprint density at radius 3 is 2.76 bits per heavy atom. The number of hydrogen-bond donors (Lipinski definition) is 2. The fourth-order valence-corrected chi connectivity index (χ4v) is 3.09. The van der Waals surface area contributed by atoms with Crippen molar-refractivity contribution in [3.63, 3.8) is 0 Å². The molecule has 1 aliphatic rings. The number of benzene rings is 1. The van der Waals surface area contributed by atoms with Crippen molar-refractivity contribution in [3.8, 4) is 0 Å². The third kappa shape index (κ3) is 4.69. The molecular formula is C18H25Cl2N3O2. The van der Waals surface area contributed by atoms with Gasteiger partial charge in [-0.2, -0.15) is 0 Å². The van der Waals surface area contributed by atoms with Crippen molar-refractivity contribution < 1.29 is 9.21 Å². The average Bonchev–Trinajstić information content (AvgIpc) is 3.13. The SMILES string of the molecule is CNCCNC(=O)c1occc1CN1c2ccccc2CC1C.Cl.Cl. The van der Waals surface area contributed by atoms with Crippen molar-refractivity contribution in [1.82, 2.24) is 10.6 Å². The third-order valence-electron chi connectivity index (χ3n) is 4.30. The van der Waals surface area contributed by atoms with E-state index < -0.39 is 0 Å². The quantitative estimate of drug-likeness (QED) is 0.750. The fraction of sp³-hybridized carbons (Fsp3) is 0.389. The molecule has 0 aliphatic carbocycles. The van der Waals surface area contributed by atoms with Crippen molar-refractivity contribution in [3.05, 3.63) is 53.5 Å². The Bertz CT molecular complexity index is 690. The lowest BCUT2D eigenvalue weighted by atomic mass is 10.1. The zero-order valence-electron chi connectivity index (χ0n) is 14.5. The number of nitrogens with one attached hydrogen (secondary N) is 2. The number of amides is 1. The van der Waals surface area contributed by atoms with E-state index in [-0.39, 0.29) is 30.7 Å². The number of fused-ring (bicyclic) bond motifs is 1. The molecule has 5 nitrogen and oxygen atoms in total. The molecule has 1 atom stereocenters. The van der Waals surface area contributed by atoms with Crippen LogP contribution < -0.4 is 15.5 Å². The molecular weight excluding hydrogens is 361 g/mol. The maximum Gasteiger partial charge on any atom is 0.287 e. The van der Waals surface area contributed by atoms with Gasteiger partial charge in [0.1, 0.15) is 0 Å². The zero-order chi connectivity index (χ0) is 16.2. The number of hydrogen-bond acceptors (Lipinski definition) is 4. The standard InChI is InChI=1S/C18H23N3O2.2ClH/c1-13-11-14-5-3-4-6-16(14)21(13)12-15-7-10-23-17(15)18(22)20-9-8-19-2;;/h3-7,10,13,19H,8-9,11-12H2,1-2H3,(H,20,22);2*1H. The predicted octanol–water partition coefficient (Wildman–Crippen LogP) is 3.02. The van der Waals surface area contributed by atoms with Crippen LogP contribution in [0.4, 0.5) is 5.69 Å². The summed E-state index contributed by atoms with van der Waals surface area (Å²) in [6.45, 7) is 4.22. The van der Waals surface area contributed by atoms with Crippen molar-refractivity contribution in [1.29, 1.82) is 0 Å². The predicted molar refractivity (Wildman–Crippen MR) is 105 cm³/mol. The molecule has 1 aromatic carbocycles. The molecule has 0 fully saturated rings. The van der Waals surface area contributed by atoms with Crippen LogP contribution in [-0.4, -0.2) is 32.1 Å². The molecule has 7 heteroatoms. The van der Waals surface area contributed by atoms with E-state index in [4.69, 9.17) is 4.42 Å². The summed E-state index contributed by atoms with van der Waals surface area (Å²) in [6, 6.07) is 10.8. The first-order valence-corrected chi connectivity index (χ1v) is 8.04. The molecule has 0 spiro atoms. The minimum atomic E-state index is -0.152. The van der Waals surface area contributed by atoms with Crippen LogP contribution in [0, 0.1) is 0 Å². The van der Waals surface area contributed by atoms with E-state index in [2.05, 4.69) is 46.7 Å². The lowest BCUT2D eigenvalue weighted by molar-refractivity contribution is 0.0925. The number of halogens is 2. The van der Waals surface area contributed by atoms with Crippen LogP contribution in [0.1, 0.15) is 28.6 Å². The first kappa shape index (κ1) is 21.4. The van der Waals surface area contributed by atoms with Crippen LogP contribution in [0.3, 0.4) is 0 Å². The first-order valence-electron chi connectivity index (χ1n) is 8.04. The van der Waals surface area contributed by atoms with Crippen LogP contribution >= 0.6 is 24.8 Å². The maximum atomic E-state index is 12.3. The van der Waals surface area contributed by atoms with Gasteiger partial charge in [0.05, 0.1) is 6.26 Å². The molecule has 2 aromatic rings. The highest BCUT2D eigenvalue weighted by molar-refractivity contribution is 5.93. The van der Waals surface area contributed by atoms with E-state index in [1.807, 2.05) is 13.1 Å².